The van der Waals surface area contributed by atoms with Crippen LogP contribution in [-0.2, 0) is 9.59 Å². The van der Waals surface area contributed by atoms with E-state index in [0.717, 1.165) is 32.2 Å². The van der Waals surface area contributed by atoms with Crippen LogP contribution in [-0.4, -0.2) is 47.1 Å². The SMILES string of the molecule is CCCC(C(=O)NC1CC(N(CC(=O)O)CC2CC2)C1)C(C)C. The van der Waals surface area contributed by atoms with Crippen molar-refractivity contribution in [1.29, 1.82) is 0 Å². The summed E-state index contributed by atoms with van der Waals surface area (Å²) in [5.74, 6) is 0.584. The van der Waals surface area contributed by atoms with Gasteiger partial charge in [-0.1, -0.05) is 27.2 Å². The quantitative estimate of drug-likeness (QED) is 0.648. The summed E-state index contributed by atoms with van der Waals surface area (Å²) < 4.78 is 0. The average molecular weight is 324 g/mol. The molecule has 23 heavy (non-hydrogen) atoms. The third-order valence-electron chi connectivity index (χ3n) is 5.25. The first-order valence-corrected chi connectivity index (χ1v) is 9.16. The molecule has 2 N–H and O–H groups in total. The van der Waals surface area contributed by atoms with E-state index < -0.39 is 5.97 Å². The van der Waals surface area contributed by atoms with Gasteiger partial charge in [0.05, 0.1) is 6.54 Å². The molecule has 0 bridgehead atoms. The predicted octanol–water partition coefficient (Wildman–Crippen LogP) is 2.50. The number of carboxylic acids is 1. The van der Waals surface area contributed by atoms with Crippen molar-refractivity contribution in [2.24, 2.45) is 17.8 Å². The molecule has 1 unspecified atom stereocenters. The molecule has 2 rings (SSSR count). The van der Waals surface area contributed by atoms with Crippen LogP contribution in [0.15, 0.2) is 0 Å². The van der Waals surface area contributed by atoms with Gasteiger partial charge in [-0.25, -0.2) is 0 Å². The molecule has 5 heteroatoms. The predicted molar refractivity (Wildman–Crippen MR) is 90.1 cm³/mol. The van der Waals surface area contributed by atoms with E-state index in [2.05, 4.69) is 31.0 Å². The number of nitrogens with one attached hydrogen (secondary N) is 1. The summed E-state index contributed by atoms with van der Waals surface area (Å²) in [7, 11) is 0. The molecule has 0 saturated heterocycles. The molecule has 0 aromatic heterocycles. The van der Waals surface area contributed by atoms with E-state index in [4.69, 9.17) is 5.11 Å². The average Bonchev–Trinajstić information content (AvgIpc) is 3.21. The molecule has 2 aliphatic rings. The highest BCUT2D eigenvalue weighted by molar-refractivity contribution is 5.79. The highest BCUT2D eigenvalue weighted by Gasteiger charge is 2.38. The normalized spacial score (nSPS) is 25.3. The van der Waals surface area contributed by atoms with Gasteiger partial charge in [-0.3, -0.25) is 14.5 Å². The maximum absolute atomic E-state index is 12.4. The molecule has 1 amide bonds. The monoisotopic (exact) mass is 324 g/mol. The molecule has 0 aromatic carbocycles. The minimum atomic E-state index is -0.749. The van der Waals surface area contributed by atoms with Crippen LogP contribution in [0.2, 0.25) is 0 Å². The van der Waals surface area contributed by atoms with Gasteiger partial charge < -0.3 is 10.4 Å². The summed E-state index contributed by atoms with van der Waals surface area (Å²) in [6, 6.07) is 0.543. The van der Waals surface area contributed by atoms with Crippen LogP contribution < -0.4 is 5.32 Å². The lowest BCUT2D eigenvalue weighted by Gasteiger charge is -2.43. The van der Waals surface area contributed by atoms with Gasteiger partial charge in [0.2, 0.25) is 5.91 Å². The number of hydrogen-bond donors (Lipinski definition) is 2. The summed E-state index contributed by atoms with van der Waals surface area (Å²) >= 11 is 0. The molecule has 2 aliphatic carbocycles. The van der Waals surface area contributed by atoms with Crippen molar-refractivity contribution in [2.75, 3.05) is 13.1 Å². The maximum Gasteiger partial charge on any atom is 0.317 e. The Morgan fingerprint density at radius 3 is 2.39 bits per heavy atom. The van der Waals surface area contributed by atoms with Gasteiger partial charge >= 0.3 is 5.97 Å². The smallest absolute Gasteiger partial charge is 0.317 e. The fourth-order valence-electron chi connectivity index (χ4n) is 3.54. The summed E-state index contributed by atoms with van der Waals surface area (Å²) in [6.45, 7) is 7.36. The fourth-order valence-corrected chi connectivity index (χ4v) is 3.54. The molecule has 2 fully saturated rings. The number of nitrogens with zero attached hydrogens (tertiary/aromatic N) is 1. The Bertz CT molecular complexity index is 414. The molecular formula is C18H32N2O3. The van der Waals surface area contributed by atoms with Gasteiger partial charge in [0.25, 0.3) is 0 Å². The van der Waals surface area contributed by atoms with Crippen LogP contribution in [0.4, 0.5) is 0 Å². The molecular weight excluding hydrogens is 292 g/mol. The Morgan fingerprint density at radius 2 is 1.91 bits per heavy atom. The number of carbonyl (C=O) groups is 2. The lowest BCUT2D eigenvalue weighted by Crippen LogP contribution is -2.56. The minimum Gasteiger partial charge on any atom is -0.480 e. The third kappa shape index (κ3) is 5.48. The molecule has 0 heterocycles. The molecule has 0 radical (unpaired) electrons. The van der Waals surface area contributed by atoms with Gasteiger partial charge in [0.1, 0.15) is 0 Å². The van der Waals surface area contributed by atoms with Gasteiger partial charge in [-0.15, -0.1) is 0 Å². The highest BCUT2D eigenvalue weighted by atomic mass is 16.4. The van der Waals surface area contributed by atoms with Crippen LogP contribution in [0, 0.1) is 17.8 Å². The van der Waals surface area contributed by atoms with E-state index >= 15 is 0 Å². The van der Waals surface area contributed by atoms with Crippen molar-refractivity contribution in [3.63, 3.8) is 0 Å². The Hall–Kier alpha value is -1.10. The maximum atomic E-state index is 12.4. The van der Waals surface area contributed by atoms with Crippen LogP contribution in [0.3, 0.4) is 0 Å². The zero-order valence-corrected chi connectivity index (χ0v) is 14.8. The van der Waals surface area contributed by atoms with Crippen LogP contribution in [0.1, 0.15) is 59.3 Å². The second-order valence-electron chi connectivity index (χ2n) is 7.74. The number of rotatable bonds is 10. The first kappa shape index (κ1) is 18.2. The largest absolute Gasteiger partial charge is 0.480 e. The van der Waals surface area contributed by atoms with Crippen molar-refractivity contribution >= 4 is 11.9 Å². The summed E-state index contributed by atoms with van der Waals surface area (Å²) in [6.07, 6.45) is 6.21. The molecule has 0 aromatic rings. The lowest BCUT2D eigenvalue weighted by atomic mass is 9.83. The molecule has 0 spiro atoms. The topological polar surface area (TPSA) is 69.6 Å². The standard InChI is InChI=1S/C18H32N2O3/c1-4-5-16(12(2)3)18(23)19-14-8-15(9-14)20(11-17(21)22)10-13-6-7-13/h12-16H,4-11H2,1-3H3,(H,19,23)(H,21,22). The van der Waals surface area contributed by atoms with E-state index in [1.807, 2.05) is 0 Å². The Balaban J connectivity index is 1.77. The van der Waals surface area contributed by atoms with Crippen molar-refractivity contribution in [3.05, 3.63) is 0 Å². The van der Waals surface area contributed by atoms with Crippen molar-refractivity contribution in [2.45, 2.75) is 71.4 Å². The minimum absolute atomic E-state index is 0.0978. The fraction of sp³-hybridized carbons (Fsp3) is 0.889. The molecule has 0 aliphatic heterocycles. The summed E-state index contributed by atoms with van der Waals surface area (Å²) in [5, 5.41) is 12.3. The van der Waals surface area contributed by atoms with Crippen molar-refractivity contribution < 1.29 is 14.7 Å². The molecule has 5 nitrogen and oxygen atoms in total. The first-order chi connectivity index (χ1) is 10.9. The van der Waals surface area contributed by atoms with Crippen molar-refractivity contribution in [3.8, 4) is 0 Å². The lowest BCUT2D eigenvalue weighted by molar-refractivity contribution is -0.140. The Kier molecular flexibility index (Phi) is 6.45. The van der Waals surface area contributed by atoms with E-state index in [9.17, 15) is 9.59 Å². The van der Waals surface area contributed by atoms with E-state index in [1.54, 1.807) is 0 Å². The zero-order valence-electron chi connectivity index (χ0n) is 14.8. The highest BCUT2D eigenvalue weighted by Crippen LogP contribution is 2.34. The van der Waals surface area contributed by atoms with Gasteiger partial charge in [0.15, 0.2) is 0 Å². The number of carbonyl (C=O) groups excluding carboxylic acids is 1. The second kappa shape index (κ2) is 8.13. The van der Waals surface area contributed by atoms with E-state index in [0.29, 0.717) is 17.9 Å². The van der Waals surface area contributed by atoms with Gasteiger partial charge in [-0.2, -0.15) is 0 Å². The Morgan fingerprint density at radius 1 is 1.26 bits per heavy atom. The van der Waals surface area contributed by atoms with E-state index in [-0.39, 0.29) is 24.4 Å². The van der Waals surface area contributed by atoms with E-state index in [1.165, 1.54) is 12.8 Å². The number of aliphatic carboxylic acids is 1. The second-order valence-corrected chi connectivity index (χ2v) is 7.74. The first-order valence-electron chi connectivity index (χ1n) is 9.16. The van der Waals surface area contributed by atoms with Crippen LogP contribution in [0.5, 0.6) is 0 Å². The number of hydrogen-bond acceptors (Lipinski definition) is 3. The zero-order chi connectivity index (χ0) is 17.0. The van der Waals surface area contributed by atoms with Crippen LogP contribution in [0.25, 0.3) is 0 Å². The molecule has 1 atom stereocenters. The third-order valence-corrected chi connectivity index (χ3v) is 5.25. The van der Waals surface area contributed by atoms with Gasteiger partial charge in [0, 0.05) is 24.5 Å². The summed E-state index contributed by atoms with van der Waals surface area (Å²) in [4.78, 5) is 25.5. The number of amides is 1. The van der Waals surface area contributed by atoms with Crippen molar-refractivity contribution in [1.82, 2.24) is 10.2 Å². The molecule has 2 saturated carbocycles. The summed E-state index contributed by atoms with van der Waals surface area (Å²) in [5.41, 5.74) is 0. The van der Waals surface area contributed by atoms with Gasteiger partial charge in [-0.05, 0) is 43.9 Å². The van der Waals surface area contributed by atoms with Crippen LogP contribution >= 0.6 is 0 Å². The number of carboxylic acid groups (broad SMARTS) is 1. The molecule has 132 valence electrons. The Labute approximate surface area is 139 Å².